The largest absolute Gasteiger partial charge is 0.356 e. The average molecular weight is 402 g/mol. The Kier molecular flexibility index (Phi) is 4.40. The molecule has 6 nitrogen and oxygen atoms in total. The predicted molar refractivity (Wildman–Crippen MR) is 116 cm³/mol. The third-order valence-corrected chi connectivity index (χ3v) is 6.27. The van der Waals surface area contributed by atoms with E-state index >= 15 is 0 Å². The van der Waals surface area contributed by atoms with Crippen molar-refractivity contribution in [3.05, 3.63) is 70.9 Å². The molecule has 1 aromatic heterocycles. The predicted octanol–water partition coefficient (Wildman–Crippen LogP) is 3.32. The summed E-state index contributed by atoms with van der Waals surface area (Å²) in [5.74, 6) is -0.0876. The van der Waals surface area contributed by atoms with Crippen LogP contribution in [0.4, 0.5) is 4.79 Å². The molecular formula is C24H26N4O2. The van der Waals surface area contributed by atoms with Crippen LogP contribution in [0.2, 0.25) is 0 Å². The molecule has 0 spiro atoms. The number of aryl methyl sites for hydroxylation is 1. The van der Waals surface area contributed by atoms with Crippen molar-refractivity contribution in [3.8, 4) is 0 Å². The van der Waals surface area contributed by atoms with E-state index in [-0.39, 0.29) is 18.0 Å². The molecule has 0 saturated carbocycles. The lowest BCUT2D eigenvalue weighted by molar-refractivity contribution is -0.128. The molecule has 6 heteroatoms. The van der Waals surface area contributed by atoms with Gasteiger partial charge in [0.15, 0.2) is 0 Å². The molecule has 30 heavy (non-hydrogen) atoms. The van der Waals surface area contributed by atoms with Crippen LogP contribution in [-0.4, -0.2) is 64.8 Å². The minimum Gasteiger partial charge on any atom is -0.356 e. The molecule has 3 heterocycles. The topological polar surface area (TPSA) is 59.7 Å². The van der Waals surface area contributed by atoms with Crippen molar-refractivity contribution >= 4 is 22.8 Å². The molecule has 0 bridgehead atoms. The minimum absolute atomic E-state index is 0.0876. The van der Waals surface area contributed by atoms with Crippen LogP contribution in [0.3, 0.4) is 0 Å². The zero-order valence-electron chi connectivity index (χ0n) is 17.6. The molecule has 2 aromatic carbocycles. The van der Waals surface area contributed by atoms with E-state index in [1.54, 1.807) is 4.90 Å². The highest BCUT2D eigenvalue weighted by molar-refractivity contribution is 6.05. The van der Waals surface area contributed by atoms with E-state index in [0.29, 0.717) is 19.5 Å². The smallest absolute Gasteiger partial charge is 0.328 e. The number of H-pyrrole nitrogens is 1. The first-order chi connectivity index (χ1) is 14.5. The number of likely N-dealkylation sites (N-methyl/N-ethyl adjacent to an activating group) is 1. The SMILES string of the molecule is Cc1ccc2[nH]c3c(c2c1)CC1C(=O)N(CCN(C)C)C(=O)N1C3c1ccccc1. The monoisotopic (exact) mass is 402 g/mol. The van der Waals surface area contributed by atoms with Crippen LogP contribution in [0, 0.1) is 6.92 Å². The summed E-state index contributed by atoms with van der Waals surface area (Å²) < 4.78 is 0. The molecule has 2 aliphatic heterocycles. The second kappa shape index (κ2) is 6.99. The van der Waals surface area contributed by atoms with Gasteiger partial charge in [-0.05, 0) is 44.3 Å². The van der Waals surface area contributed by atoms with E-state index in [0.717, 1.165) is 27.7 Å². The van der Waals surface area contributed by atoms with Crippen LogP contribution in [-0.2, 0) is 11.2 Å². The van der Waals surface area contributed by atoms with Crippen LogP contribution in [0.25, 0.3) is 10.9 Å². The molecule has 3 aromatic rings. The number of fused-ring (bicyclic) bond motifs is 4. The van der Waals surface area contributed by atoms with Crippen molar-refractivity contribution in [2.75, 3.05) is 27.2 Å². The van der Waals surface area contributed by atoms with Gasteiger partial charge in [-0.3, -0.25) is 14.6 Å². The first-order valence-electron chi connectivity index (χ1n) is 10.4. The maximum Gasteiger partial charge on any atom is 0.328 e. The Morgan fingerprint density at radius 1 is 1.10 bits per heavy atom. The van der Waals surface area contributed by atoms with Gasteiger partial charge in [0.05, 0.1) is 0 Å². The van der Waals surface area contributed by atoms with Gasteiger partial charge >= 0.3 is 6.03 Å². The molecule has 3 amide bonds. The van der Waals surface area contributed by atoms with Crippen molar-refractivity contribution in [1.29, 1.82) is 0 Å². The standard InChI is InChI=1S/C24H26N4O2/c1-15-9-10-19-17(13-15)18-14-20-23(29)27(12-11-26(2)3)24(30)28(20)22(21(18)25-19)16-7-5-4-6-8-16/h4-10,13,20,22,25H,11-12,14H2,1-3H3. The van der Waals surface area contributed by atoms with E-state index in [1.165, 1.54) is 10.5 Å². The number of nitrogens with one attached hydrogen (secondary N) is 1. The fraction of sp³-hybridized carbons (Fsp3) is 0.333. The highest BCUT2D eigenvalue weighted by Gasteiger charge is 2.52. The number of aromatic nitrogens is 1. The summed E-state index contributed by atoms with van der Waals surface area (Å²) in [6, 6.07) is 15.4. The summed E-state index contributed by atoms with van der Waals surface area (Å²) in [5.41, 5.74) is 5.43. The number of aromatic amines is 1. The second-order valence-electron chi connectivity index (χ2n) is 8.58. The van der Waals surface area contributed by atoms with Gasteiger partial charge in [-0.2, -0.15) is 0 Å². The molecule has 1 saturated heterocycles. The highest BCUT2D eigenvalue weighted by Crippen LogP contribution is 2.44. The third-order valence-electron chi connectivity index (χ3n) is 6.27. The van der Waals surface area contributed by atoms with E-state index in [2.05, 4.69) is 30.1 Å². The first-order valence-corrected chi connectivity index (χ1v) is 10.4. The van der Waals surface area contributed by atoms with Crippen LogP contribution >= 0.6 is 0 Å². The van der Waals surface area contributed by atoms with E-state index in [1.807, 2.05) is 49.3 Å². The summed E-state index contributed by atoms with van der Waals surface area (Å²) in [6.07, 6.45) is 0.547. The number of nitrogens with zero attached hydrogens (tertiary/aromatic N) is 3. The van der Waals surface area contributed by atoms with E-state index < -0.39 is 6.04 Å². The van der Waals surface area contributed by atoms with E-state index in [4.69, 9.17) is 0 Å². The Morgan fingerprint density at radius 3 is 2.60 bits per heavy atom. The van der Waals surface area contributed by atoms with Crippen molar-refractivity contribution in [1.82, 2.24) is 19.7 Å². The van der Waals surface area contributed by atoms with Crippen molar-refractivity contribution in [2.24, 2.45) is 0 Å². The number of carbonyl (C=O) groups is 2. The Balaban J connectivity index is 1.66. The Hall–Kier alpha value is -3.12. The highest BCUT2D eigenvalue weighted by atomic mass is 16.2. The summed E-state index contributed by atoms with van der Waals surface area (Å²) in [4.78, 5) is 35.5. The van der Waals surface area contributed by atoms with Gasteiger partial charge < -0.3 is 9.88 Å². The quantitative estimate of drug-likeness (QED) is 0.681. The molecule has 0 aliphatic carbocycles. The summed E-state index contributed by atoms with van der Waals surface area (Å²) in [5, 5.41) is 1.15. The molecule has 1 fully saturated rings. The Morgan fingerprint density at radius 2 is 1.87 bits per heavy atom. The number of rotatable bonds is 4. The van der Waals surface area contributed by atoms with Gasteiger partial charge in [-0.1, -0.05) is 42.0 Å². The van der Waals surface area contributed by atoms with Gasteiger partial charge in [0.25, 0.3) is 5.91 Å². The normalized spacial score (nSPS) is 20.9. The number of amides is 3. The third kappa shape index (κ3) is 2.82. The number of imide groups is 1. The number of benzene rings is 2. The zero-order chi connectivity index (χ0) is 21.0. The molecule has 1 N–H and O–H groups in total. The number of hydrogen-bond acceptors (Lipinski definition) is 3. The Labute approximate surface area is 176 Å². The lowest BCUT2D eigenvalue weighted by atomic mass is 9.88. The fourth-order valence-electron chi connectivity index (χ4n) is 4.78. The first kappa shape index (κ1) is 18.9. The zero-order valence-corrected chi connectivity index (χ0v) is 17.6. The van der Waals surface area contributed by atoms with Gasteiger partial charge in [-0.25, -0.2) is 4.79 Å². The van der Waals surface area contributed by atoms with Crippen LogP contribution in [0.1, 0.15) is 28.4 Å². The number of hydrogen-bond donors (Lipinski definition) is 1. The van der Waals surface area contributed by atoms with E-state index in [9.17, 15) is 9.59 Å². The van der Waals surface area contributed by atoms with Gasteiger partial charge in [-0.15, -0.1) is 0 Å². The lowest BCUT2D eigenvalue weighted by Gasteiger charge is -2.36. The number of carbonyl (C=O) groups excluding carboxylic acids is 2. The summed E-state index contributed by atoms with van der Waals surface area (Å²) in [6.45, 7) is 3.14. The Bertz CT molecular complexity index is 1130. The molecule has 2 unspecified atom stereocenters. The minimum atomic E-state index is -0.461. The van der Waals surface area contributed by atoms with Gasteiger partial charge in [0, 0.05) is 36.1 Å². The lowest BCUT2D eigenvalue weighted by Crippen LogP contribution is -2.44. The van der Waals surface area contributed by atoms with Crippen LogP contribution in [0.15, 0.2) is 48.5 Å². The summed E-state index contributed by atoms with van der Waals surface area (Å²) >= 11 is 0. The second-order valence-corrected chi connectivity index (χ2v) is 8.58. The van der Waals surface area contributed by atoms with Gasteiger partial charge in [0.2, 0.25) is 0 Å². The van der Waals surface area contributed by atoms with Crippen LogP contribution in [0.5, 0.6) is 0 Å². The maximum atomic E-state index is 13.4. The van der Waals surface area contributed by atoms with Crippen molar-refractivity contribution < 1.29 is 9.59 Å². The molecule has 5 rings (SSSR count). The summed E-state index contributed by atoms with van der Waals surface area (Å²) in [7, 11) is 3.90. The number of urea groups is 1. The molecule has 2 aliphatic rings. The molecule has 154 valence electrons. The van der Waals surface area contributed by atoms with Crippen molar-refractivity contribution in [3.63, 3.8) is 0 Å². The average Bonchev–Trinajstić information content (AvgIpc) is 3.20. The van der Waals surface area contributed by atoms with Gasteiger partial charge in [0.1, 0.15) is 12.1 Å². The fourth-order valence-corrected chi connectivity index (χ4v) is 4.78. The van der Waals surface area contributed by atoms with Crippen LogP contribution < -0.4 is 0 Å². The molecule has 2 atom stereocenters. The molecule has 0 radical (unpaired) electrons. The molecular weight excluding hydrogens is 376 g/mol. The van der Waals surface area contributed by atoms with Crippen molar-refractivity contribution in [2.45, 2.75) is 25.4 Å². The maximum absolute atomic E-state index is 13.4.